The summed E-state index contributed by atoms with van der Waals surface area (Å²) in [5.74, 6) is -0.0207. The van der Waals surface area contributed by atoms with Gasteiger partial charge in [-0.2, -0.15) is 0 Å². The van der Waals surface area contributed by atoms with Gasteiger partial charge in [-0.25, -0.2) is 0 Å². The number of nitrogens with zero attached hydrogens (tertiary/aromatic N) is 1. The van der Waals surface area contributed by atoms with Crippen LogP contribution in [0.5, 0.6) is 0 Å². The number of aromatic nitrogens is 1. The van der Waals surface area contributed by atoms with Crippen LogP contribution in [0.1, 0.15) is 78.7 Å². The molecule has 4 aromatic rings. The summed E-state index contributed by atoms with van der Waals surface area (Å²) in [4.78, 5) is 38.5. The van der Waals surface area contributed by atoms with E-state index >= 15 is 0 Å². The maximum absolute atomic E-state index is 12.4. The second-order valence-corrected chi connectivity index (χ2v) is 11.6. The van der Waals surface area contributed by atoms with Gasteiger partial charge in [-0.15, -0.1) is 11.3 Å². The van der Waals surface area contributed by atoms with Crippen molar-refractivity contribution in [1.29, 1.82) is 0 Å². The van der Waals surface area contributed by atoms with Crippen molar-refractivity contribution in [3.63, 3.8) is 0 Å². The van der Waals surface area contributed by atoms with Crippen molar-refractivity contribution in [3.8, 4) is 0 Å². The lowest BCUT2D eigenvalue weighted by molar-refractivity contribution is -0.120. The Morgan fingerprint density at radius 3 is 2.32 bits per heavy atom. The molecule has 1 atom stereocenters. The Balaban J connectivity index is 0.000000257. The van der Waals surface area contributed by atoms with Crippen LogP contribution in [0.2, 0.25) is 0 Å². The summed E-state index contributed by atoms with van der Waals surface area (Å²) in [6.45, 7) is 8.60. The number of hydrogen-bond acceptors (Lipinski definition) is 7. The van der Waals surface area contributed by atoms with Crippen molar-refractivity contribution in [2.24, 2.45) is 0 Å². The van der Waals surface area contributed by atoms with E-state index in [1.165, 1.54) is 27.1 Å². The Kier molecular flexibility index (Phi) is 16.6. The van der Waals surface area contributed by atoms with Crippen molar-refractivity contribution in [2.45, 2.75) is 78.7 Å². The highest BCUT2D eigenvalue weighted by Gasteiger charge is 2.14. The standard InChI is InChI=1S/C18H26N2OS.C9H9NO2.C9H13N/c1-4-7-13-10-11-20-15-12-17(22-18(13)15)16(21)9-6-8-14(5-2)19-3;11-7-6-9(12)10-8-4-2-1-3-5-8;1-7-4-5-9(10-3)6-8(7)2/h10-12,14,19H,4-9H2,1-3H3;1-5,7H,6H2,(H,10,12);4-6,10H,1-3H3. The predicted molar refractivity (Wildman–Crippen MR) is 186 cm³/mol. The lowest BCUT2D eigenvalue weighted by Crippen LogP contribution is -2.24. The van der Waals surface area contributed by atoms with Gasteiger partial charge >= 0.3 is 0 Å². The number of Topliss-reactive ketones (excluding diaryl/α,β-unsaturated/α-hetero) is 1. The van der Waals surface area contributed by atoms with E-state index < -0.39 is 0 Å². The number of anilines is 2. The first-order chi connectivity index (χ1) is 21.3. The van der Waals surface area contributed by atoms with E-state index in [0.29, 0.717) is 24.4 Å². The molecule has 44 heavy (non-hydrogen) atoms. The number of amides is 1. The number of carbonyl (C=O) groups excluding carboxylic acids is 3. The van der Waals surface area contributed by atoms with E-state index in [4.69, 9.17) is 0 Å². The van der Waals surface area contributed by atoms with E-state index in [1.807, 2.05) is 44.6 Å². The van der Waals surface area contributed by atoms with Crippen LogP contribution in [0.25, 0.3) is 10.2 Å². The molecule has 0 aliphatic rings. The van der Waals surface area contributed by atoms with Crippen LogP contribution in [0, 0.1) is 13.8 Å². The van der Waals surface area contributed by atoms with Crippen LogP contribution < -0.4 is 16.0 Å². The third-order valence-corrected chi connectivity index (χ3v) is 8.51. The molecule has 1 unspecified atom stereocenters. The smallest absolute Gasteiger partial charge is 0.231 e. The van der Waals surface area contributed by atoms with Crippen molar-refractivity contribution >= 4 is 50.9 Å². The first-order valence-corrected chi connectivity index (χ1v) is 16.2. The Hall–Kier alpha value is -3.88. The SMILES string of the molecule is CCCc1ccnc2cc(C(=O)CCCC(CC)NC)sc12.CNc1ccc(C)c(C)c1.O=CCC(=O)Nc1ccccc1. The molecule has 4 rings (SSSR count). The Labute approximate surface area is 266 Å². The minimum atomic E-state index is -0.281. The summed E-state index contributed by atoms with van der Waals surface area (Å²) in [7, 11) is 3.92. The third kappa shape index (κ3) is 12.4. The van der Waals surface area contributed by atoms with E-state index in [2.05, 4.69) is 72.9 Å². The number of para-hydroxylation sites is 1. The van der Waals surface area contributed by atoms with Gasteiger partial charge in [-0.05, 0) is 99.7 Å². The number of ketones is 1. The summed E-state index contributed by atoms with van der Waals surface area (Å²) in [5, 5.41) is 8.96. The molecule has 3 N–H and O–H groups in total. The van der Waals surface area contributed by atoms with Gasteiger partial charge in [0.15, 0.2) is 5.78 Å². The zero-order chi connectivity index (χ0) is 32.3. The van der Waals surface area contributed by atoms with Crippen molar-refractivity contribution in [3.05, 3.63) is 88.4 Å². The second-order valence-electron chi connectivity index (χ2n) is 10.6. The zero-order valence-corrected chi connectivity index (χ0v) is 27.9. The molecule has 0 saturated carbocycles. The molecule has 7 nitrogen and oxygen atoms in total. The van der Waals surface area contributed by atoms with Gasteiger partial charge in [0.1, 0.15) is 6.29 Å². The second kappa shape index (κ2) is 20.1. The highest BCUT2D eigenvalue weighted by molar-refractivity contribution is 7.21. The van der Waals surface area contributed by atoms with Crippen molar-refractivity contribution in [1.82, 2.24) is 10.3 Å². The molecule has 2 heterocycles. The van der Waals surface area contributed by atoms with Gasteiger partial charge in [-0.3, -0.25) is 14.6 Å². The molecule has 2 aromatic carbocycles. The zero-order valence-electron chi connectivity index (χ0n) is 27.0. The van der Waals surface area contributed by atoms with Gasteiger partial charge < -0.3 is 20.7 Å². The van der Waals surface area contributed by atoms with Gasteiger partial charge in [-0.1, -0.05) is 44.5 Å². The van der Waals surface area contributed by atoms with Crippen LogP contribution in [-0.4, -0.2) is 43.1 Å². The molecule has 0 saturated heterocycles. The normalized spacial score (nSPS) is 11.0. The van der Waals surface area contributed by atoms with E-state index in [-0.39, 0.29) is 18.1 Å². The van der Waals surface area contributed by atoms with E-state index in [1.54, 1.807) is 23.5 Å². The number of aryl methyl sites for hydroxylation is 3. The minimum absolute atomic E-state index is 0.0884. The average molecular weight is 617 g/mol. The fourth-order valence-corrected chi connectivity index (χ4v) is 5.61. The molecule has 0 radical (unpaired) electrons. The molecule has 2 aromatic heterocycles. The number of fused-ring (bicyclic) bond motifs is 1. The summed E-state index contributed by atoms with van der Waals surface area (Å²) in [5.41, 5.74) is 6.87. The van der Waals surface area contributed by atoms with Crippen LogP contribution >= 0.6 is 11.3 Å². The lowest BCUT2D eigenvalue weighted by atomic mass is 10.1. The first kappa shape index (κ1) is 36.3. The summed E-state index contributed by atoms with van der Waals surface area (Å²) >= 11 is 1.61. The largest absolute Gasteiger partial charge is 0.388 e. The molecule has 0 fully saturated rings. The fraction of sp³-hybridized carbons (Fsp3) is 0.389. The molecular weight excluding hydrogens is 568 g/mol. The van der Waals surface area contributed by atoms with Gasteiger partial charge in [0.05, 0.1) is 21.5 Å². The first-order valence-electron chi connectivity index (χ1n) is 15.4. The van der Waals surface area contributed by atoms with Gasteiger partial charge in [0.2, 0.25) is 5.91 Å². The minimum Gasteiger partial charge on any atom is -0.388 e. The number of nitrogens with one attached hydrogen (secondary N) is 3. The highest BCUT2D eigenvalue weighted by Crippen LogP contribution is 2.29. The molecule has 1 amide bonds. The number of carbonyl (C=O) groups is 3. The number of hydrogen-bond donors (Lipinski definition) is 3. The Bertz CT molecular complexity index is 1450. The molecular formula is C36H48N4O3S. The maximum Gasteiger partial charge on any atom is 0.231 e. The monoisotopic (exact) mass is 616 g/mol. The number of thiophene rings is 1. The van der Waals surface area contributed by atoms with Crippen molar-refractivity contribution in [2.75, 3.05) is 24.7 Å². The van der Waals surface area contributed by atoms with Crippen LogP contribution in [-0.2, 0) is 16.0 Å². The lowest BCUT2D eigenvalue weighted by Gasteiger charge is -2.12. The predicted octanol–water partition coefficient (Wildman–Crippen LogP) is 8.16. The number of benzene rings is 2. The van der Waals surface area contributed by atoms with Crippen LogP contribution in [0.4, 0.5) is 11.4 Å². The summed E-state index contributed by atoms with van der Waals surface area (Å²) < 4.78 is 1.19. The Morgan fingerprint density at radius 2 is 1.70 bits per heavy atom. The fourth-order valence-electron chi connectivity index (χ4n) is 4.49. The Morgan fingerprint density at radius 1 is 0.955 bits per heavy atom. The molecule has 236 valence electrons. The van der Waals surface area contributed by atoms with Gasteiger partial charge in [0, 0.05) is 37.1 Å². The third-order valence-electron chi connectivity index (χ3n) is 7.27. The number of aldehydes is 1. The van der Waals surface area contributed by atoms with Crippen LogP contribution in [0.15, 0.2) is 66.9 Å². The molecule has 8 heteroatoms. The quantitative estimate of drug-likeness (QED) is 0.0796. The highest BCUT2D eigenvalue weighted by atomic mass is 32.1. The van der Waals surface area contributed by atoms with Crippen LogP contribution in [0.3, 0.4) is 0 Å². The van der Waals surface area contributed by atoms with E-state index in [9.17, 15) is 14.4 Å². The van der Waals surface area contributed by atoms with Gasteiger partial charge in [0.25, 0.3) is 0 Å². The molecule has 0 aliphatic carbocycles. The van der Waals surface area contributed by atoms with E-state index in [0.717, 1.165) is 42.5 Å². The number of pyridine rings is 1. The summed E-state index contributed by atoms with van der Waals surface area (Å²) in [6, 6.07) is 20.0. The molecule has 0 bridgehead atoms. The molecule has 0 aliphatic heterocycles. The summed E-state index contributed by atoms with van der Waals surface area (Å²) in [6.07, 6.45) is 8.26. The average Bonchev–Trinajstić information content (AvgIpc) is 3.48. The maximum atomic E-state index is 12.4. The topological polar surface area (TPSA) is 100 Å². The van der Waals surface area contributed by atoms with Crippen molar-refractivity contribution < 1.29 is 14.4 Å². The number of rotatable bonds is 13. The molecule has 0 spiro atoms.